The van der Waals surface area contributed by atoms with E-state index >= 15 is 0 Å². The maximum Gasteiger partial charge on any atom is 0.253 e. The van der Waals surface area contributed by atoms with E-state index in [4.69, 9.17) is 0 Å². The molecule has 29 heavy (non-hydrogen) atoms. The number of nitrogens with one attached hydrogen (secondary N) is 1. The highest BCUT2D eigenvalue weighted by Crippen LogP contribution is 2.24. The first-order valence-electron chi connectivity index (χ1n) is 9.90. The Labute approximate surface area is 178 Å². The summed E-state index contributed by atoms with van der Waals surface area (Å²) in [7, 11) is 1.99. The van der Waals surface area contributed by atoms with Gasteiger partial charge in [0.2, 0.25) is 0 Å². The van der Waals surface area contributed by atoms with Crippen LogP contribution in [0.1, 0.15) is 23.2 Å². The van der Waals surface area contributed by atoms with Crippen LogP contribution in [-0.2, 0) is 0 Å². The average molecular weight is 411 g/mol. The number of piperidine rings is 1. The predicted octanol–water partition coefficient (Wildman–Crippen LogP) is 4.03. The van der Waals surface area contributed by atoms with Gasteiger partial charge in [-0.2, -0.15) is 5.10 Å². The third-order valence-corrected chi connectivity index (χ3v) is 5.44. The van der Waals surface area contributed by atoms with Crippen molar-refractivity contribution < 1.29 is 4.79 Å². The lowest BCUT2D eigenvalue weighted by molar-refractivity contribution is 0.0691. The molecule has 1 amide bonds. The summed E-state index contributed by atoms with van der Waals surface area (Å²) in [6, 6.07) is 19.9. The molecule has 0 unspecified atom stereocenters. The van der Waals surface area contributed by atoms with E-state index in [1.54, 1.807) is 6.20 Å². The summed E-state index contributed by atoms with van der Waals surface area (Å²) in [5.74, 6) is 0.774. The Morgan fingerprint density at radius 2 is 1.83 bits per heavy atom. The fourth-order valence-corrected chi connectivity index (χ4v) is 3.92. The van der Waals surface area contributed by atoms with Crippen LogP contribution in [0.3, 0.4) is 0 Å². The second kappa shape index (κ2) is 9.72. The summed E-state index contributed by atoms with van der Waals surface area (Å²) in [6.07, 6.45) is 3.91. The second-order valence-corrected chi connectivity index (χ2v) is 7.34. The van der Waals surface area contributed by atoms with E-state index in [-0.39, 0.29) is 18.3 Å². The van der Waals surface area contributed by atoms with Gasteiger partial charge < -0.3 is 10.2 Å². The van der Waals surface area contributed by atoms with Gasteiger partial charge in [0.05, 0.1) is 17.6 Å². The van der Waals surface area contributed by atoms with Crippen molar-refractivity contribution in [2.75, 3.05) is 26.7 Å². The minimum atomic E-state index is 0. The number of carbonyl (C=O) groups excluding carboxylic acids is 1. The lowest BCUT2D eigenvalue weighted by Gasteiger charge is -2.32. The molecular weight excluding hydrogens is 384 g/mol. The minimum absolute atomic E-state index is 0. The van der Waals surface area contributed by atoms with Crippen molar-refractivity contribution in [1.29, 1.82) is 0 Å². The Morgan fingerprint density at radius 1 is 1.07 bits per heavy atom. The smallest absolute Gasteiger partial charge is 0.253 e. The van der Waals surface area contributed by atoms with Crippen LogP contribution in [0.15, 0.2) is 66.9 Å². The number of benzene rings is 2. The molecule has 1 aliphatic rings. The molecular formula is C23H27ClN4O. The third-order valence-electron chi connectivity index (χ3n) is 5.44. The molecule has 2 heterocycles. The number of hydrogen-bond donors (Lipinski definition) is 1. The number of amides is 1. The van der Waals surface area contributed by atoms with E-state index in [1.165, 1.54) is 0 Å². The van der Waals surface area contributed by atoms with Gasteiger partial charge in [0.1, 0.15) is 0 Å². The first-order chi connectivity index (χ1) is 13.8. The molecule has 0 saturated carbocycles. The normalized spacial score (nSPS) is 14.4. The fourth-order valence-electron chi connectivity index (χ4n) is 3.92. The lowest BCUT2D eigenvalue weighted by Crippen LogP contribution is -2.40. The maximum atomic E-state index is 13.0. The van der Waals surface area contributed by atoms with Crippen LogP contribution >= 0.6 is 12.4 Å². The highest BCUT2D eigenvalue weighted by molar-refractivity contribution is 5.94. The lowest BCUT2D eigenvalue weighted by atomic mass is 9.96. The van der Waals surface area contributed by atoms with Gasteiger partial charge in [0.15, 0.2) is 0 Å². The number of carbonyl (C=O) groups is 1. The van der Waals surface area contributed by atoms with Crippen LogP contribution in [-0.4, -0.2) is 47.3 Å². The number of nitrogens with zero attached hydrogens (tertiary/aromatic N) is 3. The molecule has 2 aromatic carbocycles. The van der Waals surface area contributed by atoms with E-state index in [0.29, 0.717) is 5.92 Å². The zero-order chi connectivity index (χ0) is 19.3. The van der Waals surface area contributed by atoms with Gasteiger partial charge >= 0.3 is 0 Å². The molecule has 0 spiro atoms. The molecule has 0 atom stereocenters. The zero-order valence-corrected chi connectivity index (χ0v) is 17.4. The van der Waals surface area contributed by atoms with Crippen LogP contribution in [0.25, 0.3) is 16.9 Å². The monoisotopic (exact) mass is 410 g/mol. The van der Waals surface area contributed by atoms with E-state index < -0.39 is 0 Å². The van der Waals surface area contributed by atoms with Gasteiger partial charge in [-0.1, -0.05) is 36.4 Å². The van der Waals surface area contributed by atoms with Gasteiger partial charge in [-0.25, -0.2) is 4.68 Å². The van der Waals surface area contributed by atoms with Gasteiger partial charge in [0.25, 0.3) is 5.91 Å². The topological polar surface area (TPSA) is 50.2 Å². The molecule has 1 fully saturated rings. The Kier molecular flexibility index (Phi) is 7.07. The first-order valence-corrected chi connectivity index (χ1v) is 9.90. The summed E-state index contributed by atoms with van der Waals surface area (Å²) in [6.45, 7) is 2.68. The summed E-state index contributed by atoms with van der Waals surface area (Å²) in [4.78, 5) is 15.0. The van der Waals surface area contributed by atoms with Crippen molar-refractivity contribution in [1.82, 2.24) is 20.0 Å². The Bertz CT molecular complexity index is 933. The number of likely N-dealkylation sites (tertiary alicyclic amines) is 1. The van der Waals surface area contributed by atoms with Crippen molar-refractivity contribution in [3.8, 4) is 16.9 Å². The zero-order valence-electron chi connectivity index (χ0n) is 16.6. The largest absolute Gasteiger partial charge is 0.339 e. The predicted molar refractivity (Wildman–Crippen MR) is 119 cm³/mol. The van der Waals surface area contributed by atoms with E-state index in [2.05, 4.69) is 22.5 Å². The van der Waals surface area contributed by atoms with Crippen molar-refractivity contribution >= 4 is 18.3 Å². The highest BCUT2D eigenvalue weighted by atomic mass is 35.5. The summed E-state index contributed by atoms with van der Waals surface area (Å²) >= 11 is 0. The number of aromatic nitrogens is 2. The molecule has 152 valence electrons. The molecule has 1 saturated heterocycles. The highest BCUT2D eigenvalue weighted by Gasteiger charge is 2.23. The van der Waals surface area contributed by atoms with Crippen LogP contribution < -0.4 is 5.32 Å². The van der Waals surface area contributed by atoms with Gasteiger partial charge in [0, 0.05) is 24.2 Å². The quantitative estimate of drug-likeness (QED) is 0.690. The molecule has 1 aromatic heterocycles. The molecule has 5 nitrogen and oxygen atoms in total. The average Bonchev–Trinajstić information content (AvgIpc) is 3.25. The van der Waals surface area contributed by atoms with E-state index in [0.717, 1.165) is 55.0 Å². The SMILES string of the molecule is CNCC1CCN(C(=O)c2cccc(-n3nccc3-c3ccccc3)c2)CC1.Cl. The molecule has 6 heteroatoms. The molecule has 0 aliphatic carbocycles. The maximum absolute atomic E-state index is 13.0. The van der Waals surface area contributed by atoms with Crippen LogP contribution in [0, 0.1) is 5.92 Å². The standard InChI is InChI=1S/C23H26N4O.ClH/c1-24-17-18-11-14-26(15-12-18)23(28)20-8-5-9-21(16-20)27-22(10-13-25-27)19-6-3-2-4-7-19;/h2-10,13,16,18,24H,11-12,14-15,17H2,1H3;1H. The molecule has 3 aromatic rings. The summed E-state index contributed by atoms with van der Waals surface area (Å²) < 4.78 is 1.89. The van der Waals surface area contributed by atoms with Crippen LogP contribution in [0.2, 0.25) is 0 Å². The Balaban J connectivity index is 0.00000240. The molecule has 0 radical (unpaired) electrons. The first kappa shape index (κ1) is 21.1. The Hall–Kier alpha value is -2.63. The number of rotatable bonds is 5. The van der Waals surface area contributed by atoms with Crippen molar-refractivity contribution in [3.05, 3.63) is 72.4 Å². The van der Waals surface area contributed by atoms with E-state index in [9.17, 15) is 4.79 Å². The van der Waals surface area contributed by atoms with Crippen molar-refractivity contribution in [2.45, 2.75) is 12.8 Å². The van der Waals surface area contributed by atoms with Crippen LogP contribution in [0.5, 0.6) is 0 Å². The van der Waals surface area contributed by atoms with Gasteiger partial charge in [-0.3, -0.25) is 4.79 Å². The fraction of sp³-hybridized carbons (Fsp3) is 0.304. The van der Waals surface area contributed by atoms with Crippen molar-refractivity contribution in [3.63, 3.8) is 0 Å². The summed E-state index contributed by atoms with van der Waals surface area (Å²) in [5, 5.41) is 7.73. The van der Waals surface area contributed by atoms with Gasteiger partial charge in [-0.05, 0) is 56.6 Å². The van der Waals surface area contributed by atoms with Gasteiger partial charge in [-0.15, -0.1) is 12.4 Å². The van der Waals surface area contributed by atoms with E-state index in [1.807, 2.05) is 65.2 Å². The molecule has 1 N–H and O–H groups in total. The number of halogens is 1. The molecule has 0 bridgehead atoms. The number of hydrogen-bond acceptors (Lipinski definition) is 3. The second-order valence-electron chi connectivity index (χ2n) is 7.34. The summed E-state index contributed by atoms with van der Waals surface area (Å²) in [5.41, 5.74) is 3.74. The Morgan fingerprint density at radius 3 is 2.55 bits per heavy atom. The third kappa shape index (κ3) is 4.69. The van der Waals surface area contributed by atoms with Crippen molar-refractivity contribution in [2.24, 2.45) is 5.92 Å². The molecule has 4 rings (SSSR count). The minimum Gasteiger partial charge on any atom is -0.339 e. The van der Waals surface area contributed by atoms with Crippen LogP contribution in [0.4, 0.5) is 0 Å². The molecule has 1 aliphatic heterocycles.